The molecule has 8 heteroatoms. The van der Waals surface area contributed by atoms with Crippen molar-refractivity contribution in [3.05, 3.63) is 58.0 Å². The number of rotatable bonds is 4. The first-order valence-corrected chi connectivity index (χ1v) is 10.8. The highest BCUT2D eigenvalue weighted by molar-refractivity contribution is 9.10. The lowest BCUT2D eigenvalue weighted by Gasteiger charge is -2.33. The number of carbonyl (C=O) groups is 1. The van der Waals surface area contributed by atoms with Gasteiger partial charge in [-0.1, -0.05) is 40.0 Å². The molecule has 0 radical (unpaired) electrons. The summed E-state index contributed by atoms with van der Waals surface area (Å²) in [5.41, 5.74) is 0.550. The molecule has 3 rings (SSSR count). The van der Waals surface area contributed by atoms with Gasteiger partial charge in [0.15, 0.2) is 0 Å². The summed E-state index contributed by atoms with van der Waals surface area (Å²) in [7, 11) is -3.75. The fraction of sp³-hybridized carbons (Fsp3) is 0.278. The summed E-state index contributed by atoms with van der Waals surface area (Å²) < 4.78 is 28.2. The second-order valence-corrected chi connectivity index (χ2v) is 9.32. The number of hydrogen-bond donors (Lipinski definition) is 1. The van der Waals surface area contributed by atoms with Crippen molar-refractivity contribution in [2.75, 3.05) is 11.9 Å². The van der Waals surface area contributed by atoms with Gasteiger partial charge in [-0.15, -0.1) is 0 Å². The molecule has 1 amide bonds. The van der Waals surface area contributed by atoms with Crippen LogP contribution < -0.4 is 5.32 Å². The first-order chi connectivity index (χ1) is 12.4. The first kappa shape index (κ1) is 19.4. The van der Waals surface area contributed by atoms with Crippen molar-refractivity contribution >= 4 is 49.1 Å². The van der Waals surface area contributed by atoms with Crippen molar-refractivity contribution < 1.29 is 13.2 Å². The third kappa shape index (κ3) is 4.28. The van der Waals surface area contributed by atoms with Crippen LogP contribution in [0.3, 0.4) is 0 Å². The number of benzene rings is 2. The predicted molar refractivity (Wildman–Crippen MR) is 106 cm³/mol. The Morgan fingerprint density at radius 1 is 1.15 bits per heavy atom. The molecule has 1 aliphatic rings. The number of nitrogens with one attached hydrogen (secondary N) is 1. The van der Waals surface area contributed by atoms with Crippen molar-refractivity contribution in [3.63, 3.8) is 0 Å². The molecular weight excluding hydrogens is 440 g/mol. The van der Waals surface area contributed by atoms with E-state index in [0.717, 1.165) is 17.3 Å². The van der Waals surface area contributed by atoms with Crippen molar-refractivity contribution in [1.82, 2.24) is 4.31 Å². The van der Waals surface area contributed by atoms with E-state index in [0.29, 0.717) is 23.7 Å². The molecule has 0 spiro atoms. The van der Waals surface area contributed by atoms with E-state index in [1.54, 1.807) is 48.5 Å². The third-order valence-electron chi connectivity index (χ3n) is 4.27. The standard InChI is InChI=1S/C18H18BrClN2O3S/c19-13-7-9-16(10-8-13)26(24,25)22-11-2-1-6-17(22)18(23)21-15-5-3-4-14(20)12-15/h3-5,7-10,12,17H,1-2,6,11H2,(H,21,23). The molecule has 0 saturated carbocycles. The molecule has 0 aromatic heterocycles. The highest BCUT2D eigenvalue weighted by atomic mass is 79.9. The van der Waals surface area contributed by atoms with Crippen LogP contribution in [0, 0.1) is 0 Å². The fourth-order valence-corrected chi connectivity index (χ4v) is 5.10. The molecule has 1 aliphatic heterocycles. The monoisotopic (exact) mass is 456 g/mol. The number of sulfonamides is 1. The molecule has 26 heavy (non-hydrogen) atoms. The Hall–Kier alpha value is -1.41. The molecule has 5 nitrogen and oxygen atoms in total. The summed E-state index contributed by atoms with van der Waals surface area (Å²) in [5.74, 6) is -0.340. The van der Waals surface area contributed by atoms with Crippen molar-refractivity contribution in [2.45, 2.75) is 30.2 Å². The van der Waals surface area contributed by atoms with E-state index in [1.165, 1.54) is 4.31 Å². The number of halogens is 2. The maximum absolute atomic E-state index is 13.0. The quantitative estimate of drug-likeness (QED) is 0.745. The van der Waals surface area contributed by atoms with E-state index in [-0.39, 0.29) is 10.8 Å². The third-order valence-corrected chi connectivity index (χ3v) is 6.95. The van der Waals surface area contributed by atoms with Gasteiger partial charge in [-0.2, -0.15) is 4.31 Å². The average Bonchev–Trinajstić information content (AvgIpc) is 2.62. The molecule has 1 saturated heterocycles. The minimum atomic E-state index is -3.75. The van der Waals surface area contributed by atoms with Crippen LogP contribution in [0.4, 0.5) is 5.69 Å². The van der Waals surface area contributed by atoms with Gasteiger partial charge in [0, 0.05) is 21.7 Å². The molecule has 1 unspecified atom stereocenters. The van der Waals surface area contributed by atoms with Crippen LogP contribution in [0.2, 0.25) is 5.02 Å². The Bertz CT molecular complexity index is 903. The zero-order valence-electron chi connectivity index (χ0n) is 13.9. The van der Waals surface area contributed by atoms with Gasteiger partial charge >= 0.3 is 0 Å². The highest BCUT2D eigenvalue weighted by Crippen LogP contribution is 2.27. The van der Waals surface area contributed by atoms with Crippen LogP contribution in [-0.2, 0) is 14.8 Å². The van der Waals surface area contributed by atoms with Crippen LogP contribution in [0.1, 0.15) is 19.3 Å². The summed E-state index contributed by atoms with van der Waals surface area (Å²) in [6.45, 7) is 0.325. The lowest BCUT2D eigenvalue weighted by Crippen LogP contribution is -2.49. The van der Waals surface area contributed by atoms with Gasteiger partial charge < -0.3 is 5.32 Å². The van der Waals surface area contributed by atoms with Crippen molar-refractivity contribution in [3.8, 4) is 0 Å². The van der Waals surface area contributed by atoms with Gasteiger partial charge in [0.05, 0.1) is 4.90 Å². The van der Waals surface area contributed by atoms with Gasteiger partial charge in [-0.25, -0.2) is 8.42 Å². The summed E-state index contributed by atoms with van der Waals surface area (Å²) in [4.78, 5) is 12.9. The largest absolute Gasteiger partial charge is 0.325 e. The number of hydrogen-bond acceptors (Lipinski definition) is 3. The number of amides is 1. The van der Waals surface area contributed by atoms with E-state index in [4.69, 9.17) is 11.6 Å². The SMILES string of the molecule is O=C(Nc1cccc(Cl)c1)C1CCCCN1S(=O)(=O)c1ccc(Br)cc1. The van der Waals surface area contributed by atoms with Gasteiger partial charge in [0.2, 0.25) is 15.9 Å². The van der Waals surface area contributed by atoms with Crippen LogP contribution in [0.5, 0.6) is 0 Å². The molecule has 0 aliphatic carbocycles. The first-order valence-electron chi connectivity index (χ1n) is 8.22. The molecule has 0 bridgehead atoms. The van der Waals surface area contributed by atoms with Gasteiger partial charge in [-0.3, -0.25) is 4.79 Å². The van der Waals surface area contributed by atoms with Crippen LogP contribution >= 0.6 is 27.5 Å². The van der Waals surface area contributed by atoms with Gasteiger partial charge in [0.25, 0.3) is 0 Å². The summed E-state index contributed by atoms with van der Waals surface area (Å²) in [6.07, 6.45) is 2.03. The molecule has 1 heterocycles. The fourth-order valence-electron chi connectivity index (χ4n) is 2.99. The summed E-state index contributed by atoms with van der Waals surface area (Å²) >= 11 is 9.25. The number of nitrogens with zero attached hydrogens (tertiary/aromatic N) is 1. The lowest BCUT2D eigenvalue weighted by molar-refractivity contribution is -0.120. The van der Waals surface area contributed by atoms with Crippen LogP contribution in [0.15, 0.2) is 57.9 Å². The predicted octanol–water partition coefficient (Wildman–Crippen LogP) is 4.28. The van der Waals surface area contributed by atoms with E-state index in [2.05, 4.69) is 21.2 Å². The van der Waals surface area contributed by atoms with E-state index in [1.807, 2.05) is 0 Å². The lowest BCUT2D eigenvalue weighted by atomic mass is 10.0. The zero-order valence-corrected chi connectivity index (χ0v) is 17.0. The highest BCUT2D eigenvalue weighted by Gasteiger charge is 2.37. The van der Waals surface area contributed by atoms with Crippen LogP contribution in [-0.4, -0.2) is 31.2 Å². The normalized spacial score (nSPS) is 18.5. The Morgan fingerprint density at radius 3 is 2.58 bits per heavy atom. The van der Waals surface area contributed by atoms with Crippen molar-refractivity contribution in [2.24, 2.45) is 0 Å². The topological polar surface area (TPSA) is 66.5 Å². The molecule has 2 aromatic carbocycles. The molecule has 138 valence electrons. The molecule has 1 fully saturated rings. The minimum absolute atomic E-state index is 0.183. The van der Waals surface area contributed by atoms with Gasteiger partial charge in [-0.05, 0) is 55.3 Å². The second kappa shape index (κ2) is 8.08. The Labute approximate surface area is 166 Å². The number of piperidine rings is 1. The summed E-state index contributed by atoms with van der Waals surface area (Å²) in [6, 6.07) is 12.5. The number of carbonyl (C=O) groups excluding carboxylic acids is 1. The average molecular weight is 458 g/mol. The van der Waals surface area contributed by atoms with Crippen molar-refractivity contribution in [1.29, 1.82) is 0 Å². The molecule has 2 aromatic rings. The molecular formula is C18H18BrClN2O3S. The molecule has 1 atom stereocenters. The Kier molecular flexibility index (Phi) is 6.02. The second-order valence-electron chi connectivity index (χ2n) is 6.08. The van der Waals surface area contributed by atoms with E-state index < -0.39 is 16.1 Å². The van der Waals surface area contributed by atoms with E-state index >= 15 is 0 Å². The molecule has 1 N–H and O–H groups in total. The Balaban J connectivity index is 1.85. The van der Waals surface area contributed by atoms with E-state index in [9.17, 15) is 13.2 Å². The number of anilines is 1. The maximum atomic E-state index is 13.0. The minimum Gasteiger partial charge on any atom is -0.325 e. The smallest absolute Gasteiger partial charge is 0.243 e. The van der Waals surface area contributed by atoms with Crippen LogP contribution in [0.25, 0.3) is 0 Å². The van der Waals surface area contributed by atoms with Gasteiger partial charge in [0.1, 0.15) is 6.04 Å². The summed E-state index contributed by atoms with van der Waals surface area (Å²) in [5, 5.41) is 3.28. The zero-order chi connectivity index (χ0) is 18.7. The maximum Gasteiger partial charge on any atom is 0.243 e. The Morgan fingerprint density at radius 2 is 1.88 bits per heavy atom.